The van der Waals surface area contributed by atoms with Crippen LogP contribution in [0.1, 0.15) is 33.3 Å². The van der Waals surface area contributed by atoms with Crippen molar-refractivity contribution in [3.63, 3.8) is 0 Å². The summed E-state index contributed by atoms with van der Waals surface area (Å²) < 4.78 is 5.22. The predicted octanol–water partition coefficient (Wildman–Crippen LogP) is 4.36. The number of aromatic nitrogens is 1. The number of rotatable bonds is 5. The van der Waals surface area contributed by atoms with Crippen LogP contribution in [0.25, 0.3) is 11.1 Å². The Hall–Kier alpha value is -2.89. The fourth-order valence-electron chi connectivity index (χ4n) is 2.36. The van der Waals surface area contributed by atoms with Crippen LogP contribution < -0.4 is 5.32 Å². The predicted molar refractivity (Wildman–Crippen MR) is 100 cm³/mol. The molecule has 0 spiro atoms. The number of carbonyl (C=O) groups excluding carboxylic acids is 1. The maximum absolute atomic E-state index is 11.9. The van der Waals surface area contributed by atoms with Gasteiger partial charge in [-0.3, -0.25) is 10.1 Å². The molecule has 1 aromatic carbocycles. The van der Waals surface area contributed by atoms with Crippen molar-refractivity contribution < 1.29 is 19.4 Å². The van der Waals surface area contributed by atoms with Gasteiger partial charge in [0, 0.05) is 6.20 Å². The number of hydrogen-bond donors (Lipinski definition) is 2. The summed E-state index contributed by atoms with van der Waals surface area (Å²) in [6, 6.07) is 11.3. The first-order chi connectivity index (χ1) is 12.1. The van der Waals surface area contributed by atoms with Gasteiger partial charge >= 0.3 is 12.1 Å². The minimum absolute atomic E-state index is 0.403. The van der Waals surface area contributed by atoms with Crippen LogP contribution in [0.3, 0.4) is 0 Å². The molecule has 0 radical (unpaired) electrons. The number of pyridine rings is 1. The molecule has 0 aliphatic carbocycles. The highest BCUT2D eigenvalue weighted by molar-refractivity contribution is 5.84. The van der Waals surface area contributed by atoms with Crippen LogP contribution >= 0.6 is 0 Å². The molecule has 0 bridgehead atoms. The van der Waals surface area contributed by atoms with Crippen LogP contribution in [0.2, 0.25) is 0 Å². The van der Waals surface area contributed by atoms with Gasteiger partial charge in [0.1, 0.15) is 11.4 Å². The van der Waals surface area contributed by atoms with Crippen molar-refractivity contribution in [2.45, 2.75) is 39.7 Å². The number of carbonyl (C=O) groups is 2. The van der Waals surface area contributed by atoms with Crippen molar-refractivity contribution in [1.82, 2.24) is 4.98 Å². The zero-order valence-electron chi connectivity index (χ0n) is 15.4. The minimum Gasteiger partial charge on any atom is -0.481 e. The molecular formula is C20H24N2O4. The molecule has 0 saturated heterocycles. The van der Waals surface area contributed by atoms with Crippen molar-refractivity contribution in [2.24, 2.45) is 5.92 Å². The van der Waals surface area contributed by atoms with E-state index in [1.54, 1.807) is 40.0 Å². The molecule has 6 nitrogen and oxygen atoms in total. The highest BCUT2D eigenvalue weighted by Gasteiger charge is 2.16. The summed E-state index contributed by atoms with van der Waals surface area (Å²) >= 11 is 0. The molecule has 1 amide bonds. The molecule has 6 heteroatoms. The van der Waals surface area contributed by atoms with E-state index >= 15 is 0 Å². The Balaban J connectivity index is 2.10. The molecule has 2 N–H and O–H groups in total. The van der Waals surface area contributed by atoms with E-state index in [1.165, 1.54) is 0 Å². The van der Waals surface area contributed by atoms with Crippen molar-refractivity contribution in [1.29, 1.82) is 0 Å². The Morgan fingerprint density at radius 3 is 2.38 bits per heavy atom. The zero-order chi connectivity index (χ0) is 19.3. The lowest BCUT2D eigenvalue weighted by molar-refractivity contribution is -0.141. The second-order valence-corrected chi connectivity index (χ2v) is 7.20. The summed E-state index contributed by atoms with van der Waals surface area (Å²) in [5.41, 5.74) is 2.23. The average Bonchev–Trinajstić information content (AvgIpc) is 2.53. The standard InChI is InChI=1S/C20H24N2O4/c1-13(18(23)24)11-14-5-7-15(8-6-14)16-9-10-21-17(12-16)22-19(25)26-20(2,3)4/h5-10,12-13H,11H2,1-4H3,(H,23,24)(H,21,22,25)/t13-/m0/s1. The Labute approximate surface area is 153 Å². The lowest BCUT2D eigenvalue weighted by Gasteiger charge is -2.19. The molecule has 26 heavy (non-hydrogen) atoms. The number of anilines is 1. The van der Waals surface area contributed by atoms with Crippen molar-refractivity contribution in [3.8, 4) is 11.1 Å². The van der Waals surface area contributed by atoms with E-state index < -0.39 is 23.6 Å². The minimum atomic E-state index is -0.805. The van der Waals surface area contributed by atoms with Crippen LogP contribution in [0, 0.1) is 5.92 Å². The molecule has 1 heterocycles. The number of nitrogens with one attached hydrogen (secondary N) is 1. The molecule has 1 atom stereocenters. The van der Waals surface area contributed by atoms with Gasteiger partial charge in [0.25, 0.3) is 0 Å². The maximum atomic E-state index is 11.9. The maximum Gasteiger partial charge on any atom is 0.413 e. The number of carboxylic acids is 1. The highest BCUT2D eigenvalue weighted by Crippen LogP contribution is 2.23. The van der Waals surface area contributed by atoms with Crippen LogP contribution in [0.15, 0.2) is 42.6 Å². The van der Waals surface area contributed by atoms with Crippen molar-refractivity contribution in [2.75, 3.05) is 5.32 Å². The van der Waals surface area contributed by atoms with Crippen molar-refractivity contribution in [3.05, 3.63) is 48.2 Å². The van der Waals surface area contributed by atoms with E-state index in [9.17, 15) is 9.59 Å². The highest BCUT2D eigenvalue weighted by atomic mass is 16.6. The topological polar surface area (TPSA) is 88.5 Å². The van der Waals surface area contributed by atoms with E-state index in [2.05, 4.69) is 10.3 Å². The second-order valence-electron chi connectivity index (χ2n) is 7.20. The molecule has 0 aliphatic heterocycles. The van der Waals surface area contributed by atoms with E-state index in [0.29, 0.717) is 12.2 Å². The Morgan fingerprint density at radius 1 is 1.15 bits per heavy atom. The molecule has 2 rings (SSSR count). The third kappa shape index (κ3) is 5.88. The average molecular weight is 356 g/mol. The summed E-state index contributed by atoms with van der Waals surface area (Å²) in [4.78, 5) is 26.9. The molecule has 0 unspecified atom stereocenters. The van der Waals surface area contributed by atoms with Gasteiger partial charge in [-0.1, -0.05) is 31.2 Å². The molecule has 1 aromatic heterocycles. The van der Waals surface area contributed by atoms with Crippen LogP contribution in [-0.2, 0) is 16.0 Å². The molecule has 0 saturated carbocycles. The van der Waals surface area contributed by atoms with E-state index in [4.69, 9.17) is 9.84 Å². The fourth-order valence-corrected chi connectivity index (χ4v) is 2.36. The third-order valence-electron chi connectivity index (χ3n) is 3.64. The normalized spacial score (nSPS) is 12.3. The number of aliphatic carboxylic acids is 1. The Kier molecular flexibility index (Phi) is 5.97. The van der Waals surface area contributed by atoms with Crippen LogP contribution in [0.4, 0.5) is 10.6 Å². The van der Waals surface area contributed by atoms with Gasteiger partial charge in [0.05, 0.1) is 5.92 Å². The Morgan fingerprint density at radius 2 is 1.81 bits per heavy atom. The first kappa shape index (κ1) is 19.4. The molecular weight excluding hydrogens is 332 g/mol. The Bertz CT molecular complexity index is 779. The van der Waals surface area contributed by atoms with Crippen molar-refractivity contribution >= 4 is 17.9 Å². The summed E-state index contributed by atoms with van der Waals surface area (Å²) in [7, 11) is 0. The SMILES string of the molecule is C[C@@H](Cc1ccc(-c2ccnc(NC(=O)OC(C)(C)C)c2)cc1)C(=O)O. The largest absolute Gasteiger partial charge is 0.481 e. The van der Waals surface area contributed by atoms with E-state index in [0.717, 1.165) is 16.7 Å². The van der Waals surface area contributed by atoms with Gasteiger partial charge in [-0.25, -0.2) is 9.78 Å². The van der Waals surface area contributed by atoms with Crippen LogP contribution in [0.5, 0.6) is 0 Å². The van der Waals surface area contributed by atoms with Gasteiger partial charge in [-0.05, 0) is 56.0 Å². The number of nitrogens with zero attached hydrogens (tertiary/aromatic N) is 1. The van der Waals surface area contributed by atoms with Gasteiger partial charge in [-0.2, -0.15) is 0 Å². The van der Waals surface area contributed by atoms with E-state index in [1.807, 2.05) is 30.3 Å². The molecule has 0 fully saturated rings. The fraction of sp³-hybridized carbons (Fsp3) is 0.350. The molecule has 2 aromatic rings. The first-order valence-corrected chi connectivity index (χ1v) is 8.42. The quantitative estimate of drug-likeness (QED) is 0.831. The lowest BCUT2D eigenvalue weighted by atomic mass is 9.98. The monoisotopic (exact) mass is 356 g/mol. The summed E-state index contributed by atoms with van der Waals surface area (Å²) in [5.74, 6) is -0.826. The second kappa shape index (κ2) is 7.99. The first-order valence-electron chi connectivity index (χ1n) is 8.42. The lowest BCUT2D eigenvalue weighted by Crippen LogP contribution is -2.27. The van der Waals surface area contributed by atoms with Gasteiger partial charge in [0.15, 0.2) is 0 Å². The smallest absolute Gasteiger partial charge is 0.413 e. The van der Waals surface area contributed by atoms with Crippen LogP contribution in [-0.4, -0.2) is 27.8 Å². The number of benzene rings is 1. The summed E-state index contributed by atoms with van der Waals surface area (Å²) in [6.45, 7) is 7.07. The zero-order valence-corrected chi connectivity index (χ0v) is 15.4. The number of hydrogen-bond acceptors (Lipinski definition) is 4. The molecule has 138 valence electrons. The van der Waals surface area contributed by atoms with Gasteiger partial charge in [0.2, 0.25) is 0 Å². The molecule has 0 aliphatic rings. The summed E-state index contributed by atoms with van der Waals surface area (Å²) in [5, 5.41) is 11.6. The van der Waals surface area contributed by atoms with E-state index in [-0.39, 0.29) is 0 Å². The third-order valence-corrected chi connectivity index (χ3v) is 3.64. The van der Waals surface area contributed by atoms with Gasteiger partial charge in [-0.15, -0.1) is 0 Å². The number of amides is 1. The summed E-state index contributed by atoms with van der Waals surface area (Å²) in [6.07, 6.45) is 1.54. The number of carboxylic acid groups (broad SMARTS) is 1. The number of ether oxygens (including phenoxy) is 1. The van der Waals surface area contributed by atoms with Gasteiger partial charge < -0.3 is 9.84 Å².